The Morgan fingerprint density at radius 1 is 1.19 bits per heavy atom. The highest BCUT2D eigenvalue weighted by molar-refractivity contribution is 7.71. The van der Waals surface area contributed by atoms with Gasteiger partial charge in [0.1, 0.15) is 5.82 Å². The number of rotatable bonds is 4. The van der Waals surface area contributed by atoms with Crippen molar-refractivity contribution >= 4 is 29.3 Å². The van der Waals surface area contributed by atoms with Crippen LogP contribution in [-0.2, 0) is 13.5 Å². The summed E-state index contributed by atoms with van der Waals surface area (Å²) < 4.78 is 17.3. The molecule has 0 radical (unpaired) electrons. The smallest absolute Gasteiger partial charge is 0.216 e. The van der Waals surface area contributed by atoms with Gasteiger partial charge in [-0.2, -0.15) is 14.9 Å². The molecule has 136 valence electrons. The predicted octanol–water partition coefficient (Wildman–Crippen LogP) is 4.35. The van der Waals surface area contributed by atoms with Crippen molar-refractivity contribution in [2.24, 2.45) is 12.1 Å². The maximum absolute atomic E-state index is 13.1. The van der Waals surface area contributed by atoms with Gasteiger partial charge in [0, 0.05) is 35.6 Å². The average molecular weight is 379 g/mol. The molecule has 0 bridgehead atoms. The Balaban J connectivity index is 1.72. The van der Waals surface area contributed by atoms with Crippen molar-refractivity contribution in [2.45, 2.75) is 13.3 Å². The second kappa shape index (κ2) is 6.92. The molecule has 0 aliphatic heterocycles. The van der Waals surface area contributed by atoms with E-state index in [-0.39, 0.29) is 5.82 Å². The Morgan fingerprint density at radius 2 is 1.93 bits per heavy atom. The van der Waals surface area contributed by atoms with Gasteiger partial charge in [0.05, 0.1) is 6.21 Å². The fourth-order valence-corrected chi connectivity index (χ4v) is 3.37. The first-order valence-corrected chi connectivity index (χ1v) is 8.94. The molecule has 0 unspecified atom stereocenters. The molecule has 27 heavy (non-hydrogen) atoms. The molecule has 0 aliphatic carbocycles. The Morgan fingerprint density at radius 3 is 2.70 bits per heavy atom. The second-order valence-corrected chi connectivity index (χ2v) is 6.77. The van der Waals surface area contributed by atoms with Crippen molar-refractivity contribution in [1.29, 1.82) is 0 Å². The molecule has 0 atom stereocenters. The number of benzene rings is 2. The molecule has 5 nitrogen and oxygen atoms in total. The average Bonchev–Trinajstić information content (AvgIpc) is 3.14. The quantitative estimate of drug-likeness (QED) is 0.423. The summed E-state index contributed by atoms with van der Waals surface area (Å²) in [6.07, 6.45) is 2.32. The van der Waals surface area contributed by atoms with Gasteiger partial charge < -0.3 is 4.57 Å². The van der Waals surface area contributed by atoms with Gasteiger partial charge in [0.25, 0.3) is 0 Å². The van der Waals surface area contributed by atoms with Crippen LogP contribution in [0.25, 0.3) is 10.9 Å². The Hall–Kier alpha value is -3.06. The zero-order chi connectivity index (χ0) is 19.0. The van der Waals surface area contributed by atoms with Gasteiger partial charge in [-0.15, -0.1) is 0 Å². The van der Waals surface area contributed by atoms with Crippen LogP contribution in [0.3, 0.4) is 0 Å². The summed E-state index contributed by atoms with van der Waals surface area (Å²) >= 11 is 5.33. The van der Waals surface area contributed by atoms with E-state index in [9.17, 15) is 4.39 Å². The molecular formula is C20H18FN5S. The molecule has 0 amide bonds. The van der Waals surface area contributed by atoms with Crippen LogP contribution < -0.4 is 0 Å². The van der Waals surface area contributed by atoms with Crippen LogP contribution in [0.5, 0.6) is 0 Å². The van der Waals surface area contributed by atoms with Crippen LogP contribution in [0.1, 0.15) is 22.6 Å². The van der Waals surface area contributed by atoms with E-state index < -0.39 is 0 Å². The zero-order valence-corrected chi connectivity index (χ0v) is 15.8. The van der Waals surface area contributed by atoms with Crippen LogP contribution in [0.4, 0.5) is 4.39 Å². The summed E-state index contributed by atoms with van der Waals surface area (Å²) in [7, 11) is 2.04. The number of halogens is 1. The molecular weight excluding hydrogens is 361 g/mol. The molecule has 2 aromatic carbocycles. The molecule has 1 N–H and O–H groups in total. The standard InChI is InChI=1S/C20H18FN5S/c1-13-17(16-5-3-4-6-18(16)25(13)2)12-22-26-19(23-24-20(26)27)11-14-7-9-15(21)10-8-14/h3-10,12H,11H2,1-2H3,(H,24,27)/b22-12-. The van der Waals surface area contributed by atoms with Gasteiger partial charge in [0.2, 0.25) is 4.77 Å². The van der Waals surface area contributed by atoms with Gasteiger partial charge >= 0.3 is 0 Å². The molecule has 0 spiro atoms. The van der Waals surface area contributed by atoms with Crippen molar-refractivity contribution in [3.05, 3.63) is 81.8 Å². The van der Waals surface area contributed by atoms with E-state index in [0.717, 1.165) is 27.7 Å². The van der Waals surface area contributed by atoms with E-state index >= 15 is 0 Å². The van der Waals surface area contributed by atoms with Gasteiger partial charge in [0.15, 0.2) is 5.82 Å². The minimum absolute atomic E-state index is 0.262. The van der Waals surface area contributed by atoms with E-state index in [0.29, 0.717) is 17.0 Å². The Bertz CT molecular complexity index is 1200. The minimum Gasteiger partial charge on any atom is -0.347 e. The third-order valence-corrected chi connectivity index (χ3v) is 5.01. The number of nitrogens with one attached hydrogen (secondary N) is 1. The summed E-state index contributed by atoms with van der Waals surface area (Å²) in [5, 5.41) is 12.8. The number of nitrogens with zero attached hydrogens (tertiary/aromatic N) is 4. The highest BCUT2D eigenvalue weighted by Gasteiger charge is 2.11. The van der Waals surface area contributed by atoms with Gasteiger partial charge in [-0.05, 0) is 42.9 Å². The number of H-pyrrole nitrogens is 1. The lowest BCUT2D eigenvalue weighted by molar-refractivity contribution is 0.627. The van der Waals surface area contributed by atoms with Crippen LogP contribution in [0.2, 0.25) is 0 Å². The van der Waals surface area contributed by atoms with Crippen LogP contribution >= 0.6 is 12.2 Å². The molecule has 2 aromatic heterocycles. The summed E-state index contributed by atoms with van der Waals surface area (Å²) in [6.45, 7) is 2.06. The largest absolute Gasteiger partial charge is 0.347 e. The number of hydrogen-bond acceptors (Lipinski definition) is 3. The van der Waals surface area contributed by atoms with Crippen LogP contribution in [0.15, 0.2) is 53.6 Å². The molecule has 0 fully saturated rings. The maximum Gasteiger partial charge on any atom is 0.216 e. The molecule has 2 heterocycles. The summed E-state index contributed by atoms with van der Waals surface area (Å²) in [5.74, 6) is 0.405. The lowest BCUT2D eigenvalue weighted by atomic mass is 10.1. The highest BCUT2D eigenvalue weighted by Crippen LogP contribution is 2.23. The molecule has 0 saturated heterocycles. The number of aromatic amines is 1. The minimum atomic E-state index is -0.262. The molecule has 7 heteroatoms. The number of para-hydroxylation sites is 1. The van der Waals surface area contributed by atoms with E-state index in [2.05, 4.69) is 38.9 Å². The van der Waals surface area contributed by atoms with Crippen molar-refractivity contribution in [1.82, 2.24) is 19.4 Å². The topological polar surface area (TPSA) is 50.9 Å². The number of hydrogen-bond donors (Lipinski definition) is 1. The monoisotopic (exact) mass is 379 g/mol. The van der Waals surface area contributed by atoms with E-state index in [4.69, 9.17) is 12.2 Å². The summed E-state index contributed by atoms with van der Waals surface area (Å²) in [4.78, 5) is 0. The lowest BCUT2D eigenvalue weighted by Crippen LogP contribution is -2.01. The van der Waals surface area contributed by atoms with Crippen molar-refractivity contribution in [3.63, 3.8) is 0 Å². The number of fused-ring (bicyclic) bond motifs is 1. The maximum atomic E-state index is 13.1. The Labute approximate surface area is 160 Å². The van der Waals surface area contributed by atoms with Gasteiger partial charge in [-0.25, -0.2) is 4.39 Å². The number of aryl methyl sites for hydroxylation is 1. The Kier molecular flexibility index (Phi) is 4.45. The zero-order valence-electron chi connectivity index (χ0n) is 15.0. The van der Waals surface area contributed by atoms with Crippen molar-refractivity contribution in [2.75, 3.05) is 0 Å². The first-order chi connectivity index (χ1) is 13.0. The normalized spacial score (nSPS) is 11.7. The SMILES string of the molecule is Cc1c(/C=N\n2c(Cc3ccc(F)cc3)n[nH]c2=S)c2ccccc2n1C. The number of aromatic nitrogens is 4. The van der Waals surface area contributed by atoms with E-state index in [1.54, 1.807) is 16.8 Å². The fourth-order valence-electron chi connectivity index (χ4n) is 3.17. The summed E-state index contributed by atoms with van der Waals surface area (Å²) in [6, 6.07) is 14.5. The summed E-state index contributed by atoms with van der Waals surface area (Å²) in [5.41, 5.74) is 4.25. The third kappa shape index (κ3) is 3.21. The predicted molar refractivity (Wildman–Crippen MR) is 107 cm³/mol. The first-order valence-electron chi connectivity index (χ1n) is 8.53. The molecule has 4 rings (SSSR count). The van der Waals surface area contributed by atoms with Crippen molar-refractivity contribution in [3.8, 4) is 0 Å². The van der Waals surface area contributed by atoms with Gasteiger partial charge in [-0.1, -0.05) is 30.3 Å². The van der Waals surface area contributed by atoms with Gasteiger partial charge in [-0.3, -0.25) is 5.10 Å². The lowest BCUT2D eigenvalue weighted by Gasteiger charge is -2.02. The van der Waals surface area contributed by atoms with Crippen LogP contribution in [0, 0.1) is 17.5 Å². The molecule has 0 saturated carbocycles. The molecule has 4 aromatic rings. The highest BCUT2D eigenvalue weighted by atomic mass is 32.1. The van der Waals surface area contributed by atoms with E-state index in [1.165, 1.54) is 12.1 Å². The molecule has 0 aliphatic rings. The first kappa shape index (κ1) is 17.4. The third-order valence-electron chi connectivity index (χ3n) is 4.74. The van der Waals surface area contributed by atoms with Crippen molar-refractivity contribution < 1.29 is 4.39 Å². The fraction of sp³-hybridized carbons (Fsp3) is 0.150. The van der Waals surface area contributed by atoms with E-state index in [1.807, 2.05) is 25.4 Å². The second-order valence-electron chi connectivity index (χ2n) is 6.38. The van der Waals surface area contributed by atoms with Crippen LogP contribution in [-0.4, -0.2) is 25.7 Å².